The minimum Gasteiger partial charge on any atom is -0.367 e. The van der Waals surface area contributed by atoms with Gasteiger partial charge in [0, 0.05) is 12.7 Å². The van der Waals surface area contributed by atoms with Crippen LogP contribution in [0.4, 0.5) is 10.1 Å². The Morgan fingerprint density at radius 3 is 2.06 bits per heavy atom. The van der Waals surface area contributed by atoms with E-state index in [0.29, 0.717) is 5.92 Å². The van der Waals surface area contributed by atoms with Crippen molar-refractivity contribution in [2.24, 2.45) is 0 Å². The topological polar surface area (TPSA) is 3.24 Å². The van der Waals surface area contributed by atoms with Crippen molar-refractivity contribution in [2.45, 2.75) is 39.2 Å². The van der Waals surface area contributed by atoms with Gasteiger partial charge in [-0.25, -0.2) is 4.39 Å². The van der Waals surface area contributed by atoms with Crippen LogP contribution in [0.15, 0.2) is 24.3 Å². The van der Waals surface area contributed by atoms with E-state index in [2.05, 4.69) is 38.1 Å². The van der Waals surface area contributed by atoms with Crippen LogP contribution in [0.25, 0.3) is 0 Å². The average molecular weight is 223 g/mol. The molecule has 1 aromatic carbocycles. The van der Waals surface area contributed by atoms with Crippen molar-refractivity contribution < 1.29 is 4.39 Å². The van der Waals surface area contributed by atoms with E-state index in [0.717, 1.165) is 5.69 Å². The summed E-state index contributed by atoms with van der Waals surface area (Å²) in [7, 11) is 1.93. The van der Waals surface area contributed by atoms with Crippen LogP contribution in [0.1, 0.15) is 39.2 Å². The predicted molar refractivity (Wildman–Crippen MR) is 69.0 cm³/mol. The molecule has 90 valence electrons. The van der Waals surface area contributed by atoms with E-state index < -0.39 is 5.54 Å². The molecule has 0 aliphatic carbocycles. The van der Waals surface area contributed by atoms with Gasteiger partial charge in [0.15, 0.2) is 0 Å². The summed E-state index contributed by atoms with van der Waals surface area (Å²) in [6, 6.07) is 8.36. The van der Waals surface area contributed by atoms with Crippen LogP contribution in [-0.2, 0) is 0 Å². The van der Waals surface area contributed by atoms with Crippen molar-refractivity contribution in [1.82, 2.24) is 0 Å². The van der Waals surface area contributed by atoms with Gasteiger partial charge in [0.2, 0.25) is 0 Å². The molecule has 0 amide bonds. The Kier molecular flexibility index (Phi) is 3.95. The van der Waals surface area contributed by atoms with Crippen LogP contribution in [0.2, 0.25) is 0 Å². The summed E-state index contributed by atoms with van der Waals surface area (Å²) in [6.07, 6.45) is 0. The maximum atomic E-state index is 12.9. The Labute approximate surface area is 98.3 Å². The van der Waals surface area contributed by atoms with Crippen LogP contribution >= 0.6 is 0 Å². The number of hydrogen-bond donors (Lipinski definition) is 0. The first-order valence-corrected chi connectivity index (χ1v) is 5.78. The molecule has 0 heterocycles. The molecule has 1 nitrogen and oxygen atoms in total. The molecular formula is C14H22FN. The molecule has 0 atom stereocenters. The molecular weight excluding hydrogens is 201 g/mol. The molecule has 0 saturated carbocycles. The molecule has 0 bridgehead atoms. The molecule has 0 radical (unpaired) electrons. The number of halogens is 1. The maximum Gasteiger partial charge on any atom is 0.112 e. The van der Waals surface area contributed by atoms with E-state index in [-0.39, 0.29) is 6.67 Å². The van der Waals surface area contributed by atoms with Gasteiger partial charge >= 0.3 is 0 Å². The monoisotopic (exact) mass is 223 g/mol. The van der Waals surface area contributed by atoms with Gasteiger partial charge in [-0.2, -0.15) is 0 Å². The molecule has 0 unspecified atom stereocenters. The molecule has 0 saturated heterocycles. The van der Waals surface area contributed by atoms with Crippen LogP contribution in [0, 0.1) is 0 Å². The lowest BCUT2D eigenvalue weighted by atomic mass is 10.0. The van der Waals surface area contributed by atoms with Gasteiger partial charge in [-0.15, -0.1) is 0 Å². The molecule has 0 spiro atoms. The lowest BCUT2D eigenvalue weighted by Crippen LogP contribution is -2.43. The summed E-state index contributed by atoms with van der Waals surface area (Å²) in [6.45, 7) is 7.80. The molecule has 0 aliphatic heterocycles. The fourth-order valence-electron chi connectivity index (χ4n) is 1.52. The number of benzene rings is 1. The summed E-state index contributed by atoms with van der Waals surface area (Å²) in [4.78, 5) is 1.98. The first-order valence-electron chi connectivity index (χ1n) is 5.78. The second-order valence-corrected chi connectivity index (χ2v) is 5.25. The Morgan fingerprint density at radius 1 is 1.19 bits per heavy atom. The smallest absolute Gasteiger partial charge is 0.112 e. The fourth-order valence-corrected chi connectivity index (χ4v) is 1.52. The molecule has 1 aromatic rings. The molecule has 0 aliphatic rings. The van der Waals surface area contributed by atoms with Gasteiger partial charge in [0.05, 0.1) is 5.54 Å². The van der Waals surface area contributed by atoms with Gasteiger partial charge in [-0.3, -0.25) is 0 Å². The van der Waals surface area contributed by atoms with Crippen LogP contribution in [0.3, 0.4) is 0 Å². The highest BCUT2D eigenvalue weighted by Gasteiger charge is 2.23. The van der Waals surface area contributed by atoms with E-state index in [1.807, 2.05) is 25.8 Å². The predicted octanol–water partition coefficient (Wildman–Crippen LogP) is 3.99. The van der Waals surface area contributed by atoms with E-state index in [1.165, 1.54) is 5.56 Å². The molecule has 0 N–H and O–H groups in total. The summed E-state index contributed by atoms with van der Waals surface area (Å²) in [5.74, 6) is 0.536. The highest BCUT2D eigenvalue weighted by molar-refractivity contribution is 5.49. The zero-order valence-corrected chi connectivity index (χ0v) is 10.9. The highest BCUT2D eigenvalue weighted by Crippen LogP contribution is 2.24. The number of rotatable bonds is 4. The molecule has 0 aromatic heterocycles. The second-order valence-electron chi connectivity index (χ2n) is 5.25. The average Bonchev–Trinajstić information content (AvgIpc) is 2.28. The Bertz CT molecular complexity index is 327. The molecule has 1 rings (SSSR count). The normalized spacial score (nSPS) is 11.9. The van der Waals surface area contributed by atoms with E-state index in [4.69, 9.17) is 0 Å². The largest absolute Gasteiger partial charge is 0.367 e. The minimum atomic E-state index is -0.445. The highest BCUT2D eigenvalue weighted by atomic mass is 19.1. The summed E-state index contributed by atoms with van der Waals surface area (Å²) < 4.78 is 12.9. The standard InChI is InChI=1S/C14H22FN/c1-11(2)12-6-8-13(9-7-12)16(5)14(3,4)10-15/h6-9,11H,10H2,1-5H3. The van der Waals surface area contributed by atoms with Gasteiger partial charge in [-0.1, -0.05) is 26.0 Å². The van der Waals surface area contributed by atoms with Crippen LogP contribution < -0.4 is 4.90 Å². The Balaban J connectivity index is 2.90. The zero-order valence-electron chi connectivity index (χ0n) is 10.9. The second kappa shape index (κ2) is 4.86. The third-order valence-electron chi connectivity index (χ3n) is 3.18. The number of nitrogens with zero attached hydrogens (tertiary/aromatic N) is 1. The lowest BCUT2D eigenvalue weighted by molar-refractivity contribution is 0.340. The quantitative estimate of drug-likeness (QED) is 0.746. The number of hydrogen-bond acceptors (Lipinski definition) is 1. The van der Waals surface area contributed by atoms with Gasteiger partial charge in [-0.05, 0) is 37.5 Å². The Morgan fingerprint density at radius 2 is 1.69 bits per heavy atom. The van der Waals surface area contributed by atoms with E-state index >= 15 is 0 Å². The number of anilines is 1. The third kappa shape index (κ3) is 2.75. The van der Waals surface area contributed by atoms with E-state index in [9.17, 15) is 4.39 Å². The first-order chi connectivity index (χ1) is 7.38. The minimum absolute atomic E-state index is 0.352. The number of alkyl halides is 1. The van der Waals surface area contributed by atoms with Crippen molar-refractivity contribution in [3.63, 3.8) is 0 Å². The van der Waals surface area contributed by atoms with Crippen molar-refractivity contribution >= 4 is 5.69 Å². The van der Waals surface area contributed by atoms with Crippen molar-refractivity contribution in [1.29, 1.82) is 0 Å². The fraction of sp³-hybridized carbons (Fsp3) is 0.571. The summed E-state index contributed by atoms with van der Waals surface area (Å²) >= 11 is 0. The van der Waals surface area contributed by atoms with E-state index in [1.54, 1.807) is 0 Å². The Hall–Kier alpha value is -1.05. The lowest BCUT2D eigenvalue weighted by Gasteiger charge is -2.35. The summed E-state index contributed by atoms with van der Waals surface area (Å²) in [5, 5.41) is 0. The molecule has 2 heteroatoms. The zero-order chi connectivity index (χ0) is 12.3. The van der Waals surface area contributed by atoms with Crippen molar-refractivity contribution in [3.05, 3.63) is 29.8 Å². The SMILES string of the molecule is CC(C)c1ccc(N(C)C(C)(C)CF)cc1. The van der Waals surface area contributed by atoms with Crippen molar-refractivity contribution in [2.75, 3.05) is 18.6 Å². The summed E-state index contributed by atoms with van der Waals surface area (Å²) in [5.41, 5.74) is 1.93. The van der Waals surface area contributed by atoms with Gasteiger partial charge in [0.1, 0.15) is 6.67 Å². The molecule has 0 fully saturated rings. The third-order valence-corrected chi connectivity index (χ3v) is 3.18. The molecule has 16 heavy (non-hydrogen) atoms. The van der Waals surface area contributed by atoms with Crippen LogP contribution in [-0.4, -0.2) is 19.3 Å². The maximum absolute atomic E-state index is 12.9. The van der Waals surface area contributed by atoms with Crippen molar-refractivity contribution in [3.8, 4) is 0 Å². The van der Waals surface area contributed by atoms with Crippen LogP contribution in [0.5, 0.6) is 0 Å². The first kappa shape index (κ1) is 13.0. The van der Waals surface area contributed by atoms with Gasteiger partial charge in [0.25, 0.3) is 0 Å². The van der Waals surface area contributed by atoms with Gasteiger partial charge < -0.3 is 4.90 Å².